The molecule has 5 aromatic rings. The highest BCUT2D eigenvalue weighted by molar-refractivity contribution is 7.98. The molecule has 0 atom stereocenters. The van der Waals surface area contributed by atoms with Crippen molar-refractivity contribution < 1.29 is 9.47 Å². The van der Waals surface area contributed by atoms with Crippen LogP contribution in [-0.4, -0.2) is 25.2 Å². The third kappa shape index (κ3) is 3.84. The largest absolute Gasteiger partial charge is 0.472 e. The van der Waals surface area contributed by atoms with Gasteiger partial charge < -0.3 is 14.0 Å². The van der Waals surface area contributed by atoms with Gasteiger partial charge in [0.15, 0.2) is 5.16 Å². The predicted octanol–water partition coefficient (Wildman–Crippen LogP) is 5.46. The lowest BCUT2D eigenvalue weighted by molar-refractivity contribution is 0.295. The Morgan fingerprint density at radius 1 is 0.871 bits per heavy atom. The second kappa shape index (κ2) is 8.56. The molecule has 8 heteroatoms. The monoisotopic (exact) mass is 448 g/mol. The van der Waals surface area contributed by atoms with Crippen molar-refractivity contribution in [3.63, 3.8) is 0 Å². The Kier molecular flexibility index (Phi) is 5.48. The van der Waals surface area contributed by atoms with Gasteiger partial charge in [0.25, 0.3) is 5.88 Å². The van der Waals surface area contributed by atoms with E-state index in [2.05, 4.69) is 9.36 Å². The lowest BCUT2D eigenvalue weighted by Gasteiger charge is -2.08. The summed E-state index contributed by atoms with van der Waals surface area (Å²) in [6.45, 7) is 0.896. The number of hydrogen-bond donors (Lipinski definition) is 0. The fraction of sp³-hybridized carbons (Fsp3) is 0.174. The van der Waals surface area contributed by atoms with E-state index >= 15 is 0 Å². The lowest BCUT2D eigenvalue weighted by atomic mass is 10.2. The van der Waals surface area contributed by atoms with E-state index < -0.39 is 0 Å². The Hall–Kier alpha value is -3.10. The minimum Gasteiger partial charge on any atom is -0.472 e. The fourth-order valence-electron chi connectivity index (χ4n) is 3.43. The molecular weight excluding hydrogens is 428 g/mol. The summed E-state index contributed by atoms with van der Waals surface area (Å²) in [7, 11) is 1.98. The van der Waals surface area contributed by atoms with Crippen LogP contribution in [0.5, 0.6) is 11.8 Å². The van der Waals surface area contributed by atoms with E-state index in [0.717, 1.165) is 32.4 Å². The number of hydrogen-bond acceptors (Lipinski definition) is 7. The van der Waals surface area contributed by atoms with Gasteiger partial charge in [0.05, 0.1) is 4.70 Å². The SMILES string of the molecule is CSc1nc(OCc2ccccc2)c2c3snc(OCc4ccccc4)c3n(C)c2n1. The molecule has 0 aliphatic carbocycles. The van der Waals surface area contributed by atoms with Crippen LogP contribution in [0.1, 0.15) is 11.1 Å². The maximum absolute atomic E-state index is 6.17. The van der Waals surface area contributed by atoms with E-state index in [-0.39, 0.29) is 0 Å². The number of benzene rings is 2. The molecule has 0 saturated heterocycles. The van der Waals surface area contributed by atoms with Crippen LogP contribution in [0.15, 0.2) is 65.8 Å². The number of nitrogens with zero attached hydrogens (tertiary/aromatic N) is 4. The van der Waals surface area contributed by atoms with Crippen LogP contribution in [0.25, 0.3) is 21.3 Å². The molecule has 3 aromatic heterocycles. The van der Waals surface area contributed by atoms with Gasteiger partial charge in [0, 0.05) is 7.05 Å². The van der Waals surface area contributed by atoms with Crippen molar-refractivity contribution >= 4 is 44.5 Å². The topological polar surface area (TPSA) is 62.1 Å². The molecule has 0 fully saturated rings. The molecule has 0 aliphatic rings. The van der Waals surface area contributed by atoms with Crippen molar-refractivity contribution in [3.05, 3.63) is 71.8 Å². The molecule has 2 aromatic carbocycles. The highest BCUT2D eigenvalue weighted by Gasteiger charge is 2.23. The molecule has 5 rings (SSSR count). The first-order valence-electron chi connectivity index (χ1n) is 9.78. The van der Waals surface area contributed by atoms with E-state index in [1.54, 1.807) is 0 Å². The van der Waals surface area contributed by atoms with Gasteiger partial charge in [-0.25, -0.2) is 4.98 Å². The highest BCUT2D eigenvalue weighted by Crippen LogP contribution is 2.41. The molecule has 0 saturated carbocycles. The first-order valence-corrected chi connectivity index (χ1v) is 11.8. The van der Waals surface area contributed by atoms with Gasteiger partial charge in [0.2, 0.25) is 5.88 Å². The zero-order chi connectivity index (χ0) is 21.2. The maximum atomic E-state index is 6.17. The van der Waals surface area contributed by atoms with E-state index in [0.29, 0.717) is 30.1 Å². The average Bonchev–Trinajstić information content (AvgIpc) is 3.36. The van der Waals surface area contributed by atoms with Crippen molar-refractivity contribution in [2.45, 2.75) is 18.4 Å². The first-order chi connectivity index (χ1) is 15.2. The predicted molar refractivity (Wildman–Crippen MR) is 125 cm³/mol. The molecular formula is C23H20N4O2S2. The van der Waals surface area contributed by atoms with Crippen molar-refractivity contribution in [2.75, 3.05) is 6.26 Å². The standard InChI is InChI=1S/C23H20N4O2S2/c1-27-18-19(31-26-22(18)29-14-16-11-7-4-8-12-16)17-20(27)24-23(30-2)25-21(17)28-13-15-9-5-3-6-10-15/h3-12H,13-14H2,1-2H3. The zero-order valence-electron chi connectivity index (χ0n) is 17.1. The van der Waals surface area contributed by atoms with Gasteiger partial charge in [-0.15, -0.1) is 0 Å². The normalized spacial score (nSPS) is 11.3. The van der Waals surface area contributed by atoms with Gasteiger partial charge in [-0.05, 0) is 28.9 Å². The molecule has 0 spiro atoms. The van der Waals surface area contributed by atoms with Crippen LogP contribution in [-0.2, 0) is 20.3 Å². The molecule has 156 valence electrons. The number of aryl methyl sites for hydroxylation is 1. The van der Waals surface area contributed by atoms with Crippen molar-refractivity contribution in [1.82, 2.24) is 18.9 Å². The minimum absolute atomic E-state index is 0.438. The van der Waals surface area contributed by atoms with Crippen LogP contribution >= 0.6 is 23.3 Å². The minimum atomic E-state index is 0.438. The molecule has 0 radical (unpaired) electrons. The van der Waals surface area contributed by atoms with Crippen LogP contribution in [0.3, 0.4) is 0 Å². The zero-order valence-corrected chi connectivity index (χ0v) is 18.7. The quantitative estimate of drug-likeness (QED) is 0.243. The summed E-state index contributed by atoms with van der Waals surface area (Å²) in [6.07, 6.45) is 1.96. The molecule has 0 amide bonds. The Labute approximate surface area is 188 Å². The van der Waals surface area contributed by atoms with Crippen molar-refractivity contribution in [2.24, 2.45) is 7.05 Å². The van der Waals surface area contributed by atoms with Crippen molar-refractivity contribution in [3.8, 4) is 11.8 Å². The lowest BCUT2D eigenvalue weighted by Crippen LogP contribution is -2.01. The maximum Gasteiger partial charge on any atom is 0.250 e. The first kappa shape index (κ1) is 19.8. The Morgan fingerprint density at radius 3 is 2.10 bits per heavy atom. The number of rotatable bonds is 7. The summed E-state index contributed by atoms with van der Waals surface area (Å²) >= 11 is 2.88. The summed E-state index contributed by atoms with van der Waals surface area (Å²) < 4.78 is 19.8. The molecule has 0 N–H and O–H groups in total. The van der Waals surface area contributed by atoms with Gasteiger partial charge in [-0.1, -0.05) is 72.4 Å². The summed E-state index contributed by atoms with van der Waals surface area (Å²) in [5.74, 6) is 1.17. The number of fused-ring (bicyclic) bond motifs is 3. The van der Waals surface area contributed by atoms with Gasteiger partial charge >= 0.3 is 0 Å². The van der Waals surface area contributed by atoms with E-state index in [1.807, 2.05) is 78.5 Å². The van der Waals surface area contributed by atoms with Crippen LogP contribution in [0, 0.1) is 0 Å². The number of ether oxygens (including phenoxy) is 2. The Bertz CT molecular complexity index is 1330. The summed E-state index contributed by atoms with van der Waals surface area (Å²) in [5.41, 5.74) is 3.91. The summed E-state index contributed by atoms with van der Waals surface area (Å²) in [5, 5.41) is 1.54. The number of thioether (sulfide) groups is 1. The molecule has 0 aliphatic heterocycles. The Morgan fingerprint density at radius 2 is 1.48 bits per heavy atom. The molecule has 3 heterocycles. The average molecular weight is 449 g/mol. The fourth-order valence-corrected chi connectivity index (χ4v) is 4.68. The molecule has 6 nitrogen and oxygen atoms in total. The summed E-state index contributed by atoms with van der Waals surface area (Å²) in [4.78, 5) is 9.39. The highest BCUT2D eigenvalue weighted by atomic mass is 32.2. The van der Waals surface area contributed by atoms with Crippen LogP contribution < -0.4 is 9.47 Å². The van der Waals surface area contributed by atoms with Gasteiger partial charge in [0.1, 0.15) is 29.8 Å². The van der Waals surface area contributed by atoms with Gasteiger partial charge in [-0.3, -0.25) is 0 Å². The second-order valence-electron chi connectivity index (χ2n) is 6.99. The van der Waals surface area contributed by atoms with E-state index in [1.165, 1.54) is 23.3 Å². The second-order valence-corrected chi connectivity index (χ2v) is 8.53. The van der Waals surface area contributed by atoms with E-state index in [4.69, 9.17) is 14.5 Å². The Balaban J connectivity index is 1.55. The molecule has 0 bridgehead atoms. The smallest absolute Gasteiger partial charge is 0.250 e. The summed E-state index contributed by atoms with van der Waals surface area (Å²) in [6, 6.07) is 20.1. The third-order valence-electron chi connectivity index (χ3n) is 4.97. The third-order valence-corrected chi connectivity index (χ3v) is 6.36. The van der Waals surface area contributed by atoms with E-state index in [9.17, 15) is 0 Å². The van der Waals surface area contributed by atoms with Gasteiger partial charge in [-0.2, -0.15) is 9.36 Å². The molecule has 31 heavy (non-hydrogen) atoms. The van der Waals surface area contributed by atoms with Crippen LogP contribution in [0.4, 0.5) is 0 Å². The number of aromatic nitrogens is 4. The van der Waals surface area contributed by atoms with Crippen LogP contribution in [0.2, 0.25) is 0 Å². The van der Waals surface area contributed by atoms with Crippen molar-refractivity contribution in [1.29, 1.82) is 0 Å². The molecule has 0 unspecified atom stereocenters.